The molecule has 1 heterocycles. The van der Waals surface area contributed by atoms with Crippen molar-refractivity contribution in [3.8, 4) is 0 Å². The average Bonchev–Trinajstić information content (AvgIpc) is 2.37. The van der Waals surface area contributed by atoms with Gasteiger partial charge in [-0.25, -0.2) is 0 Å². The molecule has 4 nitrogen and oxygen atoms in total. The van der Waals surface area contributed by atoms with Crippen LogP contribution in [0, 0.1) is 0 Å². The van der Waals surface area contributed by atoms with Crippen molar-refractivity contribution in [2.24, 2.45) is 0 Å². The fraction of sp³-hybridized carbons (Fsp3) is 0.417. The number of amides is 1. The maximum Gasteiger partial charge on any atom is 0.258 e. The second kappa shape index (κ2) is 5.89. The number of hydrogen-bond donors (Lipinski definition) is 0. The summed E-state index contributed by atoms with van der Waals surface area (Å²) >= 11 is 11.8. The van der Waals surface area contributed by atoms with E-state index in [1.807, 2.05) is 0 Å². The summed E-state index contributed by atoms with van der Waals surface area (Å²) in [5.41, 5.74) is 0.631. The van der Waals surface area contributed by atoms with Crippen LogP contribution in [0.1, 0.15) is 0 Å². The Balaban J connectivity index is 2.14. The Morgan fingerprint density at radius 3 is 2.50 bits per heavy atom. The smallest absolute Gasteiger partial charge is 0.258 e. The van der Waals surface area contributed by atoms with Gasteiger partial charge in [0.1, 0.15) is 0 Å². The minimum absolute atomic E-state index is 0.173. The van der Waals surface area contributed by atoms with E-state index >= 15 is 0 Å². The van der Waals surface area contributed by atoms with Crippen molar-refractivity contribution in [3.63, 3.8) is 0 Å². The van der Waals surface area contributed by atoms with Gasteiger partial charge in [0, 0.05) is 22.8 Å². The summed E-state index contributed by atoms with van der Waals surface area (Å²) in [5.74, 6) is -0.173. The molecule has 1 amide bonds. The minimum Gasteiger partial charge on any atom is -0.376 e. The lowest BCUT2D eigenvalue weighted by Crippen LogP contribution is -2.43. The highest BCUT2D eigenvalue weighted by molar-refractivity contribution is 6.35. The molecule has 0 N–H and O–H groups in total. The van der Waals surface area contributed by atoms with Crippen molar-refractivity contribution in [2.45, 2.75) is 6.10 Å². The molecule has 0 bridgehead atoms. The molecule has 0 aliphatic carbocycles. The third kappa shape index (κ3) is 3.14. The van der Waals surface area contributed by atoms with Gasteiger partial charge in [-0.3, -0.25) is 4.79 Å². The van der Waals surface area contributed by atoms with E-state index in [0.29, 0.717) is 28.9 Å². The molecule has 1 aromatic carbocycles. The second-order valence-electron chi connectivity index (χ2n) is 3.96. The van der Waals surface area contributed by atoms with Gasteiger partial charge in [0.05, 0.1) is 19.8 Å². The van der Waals surface area contributed by atoms with E-state index in [9.17, 15) is 4.79 Å². The Labute approximate surface area is 115 Å². The van der Waals surface area contributed by atoms with Gasteiger partial charge in [-0.2, -0.15) is 0 Å². The second-order valence-corrected chi connectivity index (χ2v) is 4.83. The van der Waals surface area contributed by atoms with Crippen molar-refractivity contribution >= 4 is 34.8 Å². The lowest BCUT2D eigenvalue weighted by molar-refractivity contribution is -0.144. The maximum atomic E-state index is 12.2. The lowest BCUT2D eigenvalue weighted by atomic mass is 10.2. The summed E-state index contributed by atoms with van der Waals surface area (Å²) in [4.78, 5) is 13.6. The quantitative estimate of drug-likeness (QED) is 0.839. The SMILES string of the molecule is CN(C(=O)[C@@H]1COCCO1)c1cc(Cl)cc(Cl)c1. The first kappa shape index (κ1) is 13.6. The van der Waals surface area contributed by atoms with Gasteiger partial charge in [-0.15, -0.1) is 0 Å². The van der Waals surface area contributed by atoms with Crippen LogP contribution in [0.5, 0.6) is 0 Å². The number of rotatable bonds is 2. The van der Waals surface area contributed by atoms with E-state index in [1.165, 1.54) is 4.90 Å². The van der Waals surface area contributed by atoms with E-state index in [2.05, 4.69) is 0 Å². The van der Waals surface area contributed by atoms with Crippen LogP contribution in [0.3, 0.4) is 0 Å². The monoisotopic (exact) mass is 289 g/mol. The van der Waals surface area contributed by atoms with E-state index < -0.39 is 6.10 Å². The maximum absolute atomic E-state index is 12.2. The first-order valence-corrected chi connectivity index (χ1v) is 6.26. The van der Waals surface area contributed by atoms with Gasteiger partial charge < -0.3 is 14.4 Å². The normalized spacial score (nSPS) is 19.6. The van der Waals surface area contributed by atoms with Crippen LogP contribution in [0.4, 0.5) is 5.69 Å². The van der Waals surface area contributed by atoms with Crippen molar-refractivity contribution in [1.29, 1.82) is 0 Å². The highest BCUT2D eigenvalue weighted by Crippen LogP contribution is 2.25. The number of carbonyl (C=O) groups is 1. The first-order chi connectivity index (χ1) is 8.58. The molecule has 1 aliphatic heterocycles. The van der Waals surface area contributed by atoms with E-state index in [1.54, 1.807) is 25.2 Å². The highest BCUT2D eigenvalue weighted by atomic mass is 35.5. The first-order valence-electron chi connectivity index (χ1n) is 5.51. The Hall–Kier alpha value is -0.810. The van der Waals surface area contributed by atoms with Gasteiger partial charge in [-0.1, -0.05) is 23.2 Å². The van der Waals surface area contributed by atoms with Crippen molar-refractivity contribution in [2.75, 3.05) is 31.8 Å². The Kier molecular flexibility index (Phi) is 4.45. The number of ether oxygens (including phenoxy) is 2. The molecule has 0 radical (unpaired) electrons. The Morgan fingerprint density at radius 1 is 1.28 bits per heavy atom. The van der Waals surface area contributed by atoms with Gasteiger partial charge >= 0.3 is 0 Å². The number of carbonyl (C=O) groups excluding carboxylic acids is 1. The van der Waals surface area contributed by atoms with Gasteiger partial charge in [0.25, 0.3) is 5.91 Å². The van der Waals surface area contributed by atoms with Crippen LogP contribution in [-0.2, 0) is 14.3 Å². The molecule has 1 aliphatic rings. The standard InChI is InChI=1S/C12H13Cl2NO3/c1-15(10-5-8(13)4-9(14)6-10)12(16)11-7-17-2-3-18-11/h4-6,11H,2-3,7H2,1H3/t11-/m0/s1. The van der Waals surface area contributed by atoms with Crippen LogP contribution >= 0.6 is 23.2 Å². The predicted octanol–water partition coefficient (Wildman–Crippen LogP) is 2.37. The van der Waals surface area contributed by atoms with Crippen LogP contribution in [0.15, 0.2) is 18.2 Å². The van der Waals surface area contributed by atoms with E-state index in [-0.39, 0.29) is 12.5 Å². The van der Waals surface area contributed by atoms with Crippen molar-refractivity contribution < 1.29 is 14.3 Å². The fourth-order valence-electron chi connectivity index (χ4n) is 1.71. The van der Waals surface area contributed by atoms with Crippen LogP contribution in [0.25, 0.3) is 0 Å². The van der Waals surface area contributed by atoms with Crippen molar-refractivity contribution in [3.05, 3.63) is 28.2 Å². The summed E-state index contributed by atoms with van der Waals surface area (Å²) in [6.07, 6.45) is -0.568. The Bertz CT molecular complexity index is 427. The topological polar surface area (TPSA) is 38.8 Å². The third-order valence-electron chi connectivity index (χ3n) is 2.66. The van der Waals surface area contributed by atoms with Crippen LogP contribution in [-0.4, -0.2) is 38.9 Å². The number of benzene rings is 1. The summed E-state index contributed by atoms with van der Waals surface area (Å²) < 4.78 is 10.6. The van der Waals surface area contributed by atoms with Crippen LogP contribution < -0.4 is 4.90 Å². The predicted molar refractivity (Wildman–Crippen MR) is 70.4 cm³/mol. The lowest BCUT2D eigenvalue weighted by Gasteiger charge is -2.27. The summed E-state index contributed by atoms with van der Waals surface area (Å²) in [6.45, 7) is 1.23. The van der Waals surface area contributed by atoms with Gasteiger partial charge in [0.2, 0.25) is 0 Å². The molecular formula is C12H13Cl2NO3. The number of hydrogen-bond acceptors (Lipinski definition) is 3. The molecule has 1 fully saturated rings. The van der Waals surface area contributed by atoms with Crippen molar-refractivity contribution in [1.82, 2.24) is 0 Å². The fourth-order valence-corrected chi connectivity index (χ4v) is 2.22. The average molecular weight is 290 g/mol. The molecule has 98 valence electrons. The zero-order valence-electron chi connectivity index (χ0n) is 9.86. The summed E-state index contributed by atoms with van der Waals surface area (Å²) in [6, 6.07) is 4.97. The molecule has 6 heteroatoms. The molecule has 0 aromatic heterocycles. The summed E-state index contributed by atoms with van der Waals surface area (Å²) in [7, 11) is 1.66. The molecule has 0 saturated carbocycles. The number of nitrogens with zero attached hydrogens (tertiary/aromatic N) is 1. The highest BCUT2D eigenvalue weighted by Gasteiger charge is 2.26. The third-order valence-corrected chi connectivity index (χ3v) is 3.09. The molecule has 2 rings (SSSR count). The zero-order valence-corrected chi connectivity index (χ0v) is 11.4. The summed E-state index contributed by atoms with van der Waals surface area (Å²) in [5, 5.41) is 0.968. The van der Waals surface area contributed by atoms with E-state index in [4.69, 9.17) is 32.7 Å². The largest absolute Gasteiger partial charge is 0.376 e. The molecule has 1 saturated heterocycles. The molecule has 0 spiro atoms. The minimum atomic E-state index is -0.568. The number of anilines is 1. The number of halogens is 2. The van der Waals surface area contributed by atoms with E-state index in [0.717, 1.165) is 0 Å². The molecular weight excluding hydrogens is 277 g/mol. The Morgan fingerprint density at radius 2 is 1.94 bits per heavy atom. The molecule has 1 atom stereocenters. The van der Waals surface area contributed by atoms with Crippen LogP contribution in [0.2, 0.25) is 10.0 Å². The van der Waals surface area contributed by atoms with Gasteiger partial charge in [-0.05, 0) is 18.2 Å². The molecule has 18 heavy (non-hydrogen) atoms. The van der Waals surface area contributed by atoms with Gasteiger partial charge in [0.15, 0.2) is 6.10 Å². The molecule has 0 unspecified atom stereocenters. The molecule has 1 aromatic rings. The number of likely N-dealkylation sites (N-methyl/N-ethyl adjacent to an activating group) is 1. The zero-order chi connectivity index (χ0) is 13.1.